The fourth-order valence-electron chi connectivity index (χ4n) is 3.07. The number of nitrogens with zero attached hydrogens (tertiary/aromatic N) is 3. The number of hydrogen-bond acceptors (Lipinski definition) is 4. The molecule has 0 saturated heterocycles. The van der Waals surface area contributed by atoms with E-state index in [1.165, 1.54) is 19.3 Å². The van der Waals surface area contributed by atoms with Crippen LogP contribution in [0.3, 0.4) is 0 Å². The van der Waals surface area contributed by atoms with Gasteiger partial charge in [-0.15, -0.1) is 0 Å². The van der Waals surface area contributed by atoms with Crippen LogP contribution in [0.25, 0.3) is 11.0 Å². The summed E-state index contributed by atoms with van der Waals surface area (Å²) in [5.74, 6) is 2.29. The topological polar surface area (TPSA) is 75.6 Å². The van der Waals surface area contributed by atoms with Crippen molar-refractivity contribution in [1.82, 2.24) is 25.1 Å². The standard InChI is InChI=1S/C14H21N5O/c1-9-3-4-10(5-9)6-15-8-12-17-13-11(14(20)18-12)7-16-19(13)2/h7,9-10,15H,3-6,8H2,1-2H3,(H,17,18,20). The SMILES string of the molecule is CC1CCC(CNCc2nc3c(cnn3C)c(=O)[nH]2)C1. The lowest BCUT2D eigenvalue weighted by atomic mass is 10.1. The minimum absolute atomic E-state index is 0.116. The van der Waals surface area contributed by atoms with Crippen LogP contribution in [0.4, 0.5) is 0 Å². The molecular weight excluding hydrogens is 254 g/mol. The van der Waals surface area contributed by atoms with Gasteiger partial charge in [-0.1, -0.05) is 13.3 Å². The Balaban J connectivity index is 1.65. The summed E-state index contributed by atoms with van der Waals surface area (Å²) in [4.78, 5) is 19.2. The molecule has 0 aromatic carbocycles. The molecule has 2 atom stereocenters. The zero-order valence-electron chi connectivity index (χ0n) is 12.0. The third kappa shape index (κ3) is 2.60. The summed E-state index contributed by atoms with van der Waals surface area (Å²) in [6, 6.07) is 0. The average Bonchev–Trinajstić information content (AvgIpc) is 2.98. The smallest absolute Gasteiger partial charge is 0.262 e. The molecule has 0 radical (unpaired) electrons. The highest BCUT2D eigenvalue weighted by Gasteiger charge is 2.20. The zero-order valence-corrected chi connectivity index (χ0v) is 12.0. The van der Waals surface area contributed by atoms with Crippen LogP contribution < -0.4 is 10.9 Å². The van der Waals surface area contributed by atoms with Gasteiger partial charge in [0, 0.05) is 7.05 Å². The fraction of sp³-hybridized carbons (Fsp3) is 0.643. The van der Waals surface area contributed by atoms with Crippen molar-refractivity contribution < 1.29 is 0 Å². The predicted molar refractivity (Wildman–Crippen MR) is 77.3 cm³/mol. The van der Waals surface area contributed by atoms with Gasteiger partial charge in [0.2, 0.25) is 0 Å². The molecule has 1 aliphatic rings. The average molecular weight is 275 g/mol. The van der Waals surface area contributed by atoms with Gasteiger partial charge in [0.15, 0.2) is 5.65 Å². The lowest BCUT2D eigenvalue weighted by Crippen LogP contribution is -2.24. The highest BCUT2D eigenvalue weighted by molar-refractivity contribution is 5.72. The minimum atomic E-state index is -0.116. The van der Waals surface area contributed by atoms with E-state index in [-0.39, 0.29) is 5.56 Å². The van der Waals surface area contributed by atoms with Crippen molar-refractivity contribution in [1.29, 1.82) is 0 Å². The van der Waals surface area contributed by atoms with Crippen molar-refractivity contribution in [3.63, 3.8) is 0 Å². The summed E-state index contributed by atoms with van der Waals surface area (Å²) in [6.07, 6.45) is 5.50. The maximum atomic E-state index is 11.9. The molecule has 2 N–H and O–H groups in total. The number of aromatic nitrogens is 4. The Labute approximate surface area is 117 Å². The Morgan fingerprint density at radius 2 is 2.35 bits per heavy atom. The number of aryl methyl sites for hydroxylation is 1. The summed E-state index contributed by atoms with van der Waals surface area (Å²) in [5.41, 5.74) is 0.523. The summed E-state index contributed by atoms with van der Waals surface area (Å²) in [6.45, 7) is 3.91. The first-order chi connectivity index (χ1) is 9.63. The van der Waals surface area contributed by atoms with Gasteiger partial charge in [0.25, 0.3) is 5.56 Å². The summed E-state index contributed by atoms with van der Waals surface area (Å²) < 4.78 is 1.63. The Bertz CT molecular complexity index is 659. The summed E-state index contributed by atoms with van der Waals surface area (Å²) in [5, 5.41) is 8.01. The molecule has 1 saturated carbocycles. The number of fused-ring (bicyclic) bond motifs is 1. The Morgan fingerprint density at radius 3 is 3.10 bits per heavy atom. The molecule has 20 heavy (non-hydrogen) atoms. The van der Waals surface area contributed by atoms with E-state index in [1.807, 2.05) is 0 Å². The van der Waals surface area contributed by atoms with Crippen LogP contribution >= 0.6 is 0 Å². The number of rotatable bonds is 4. The first kappa shape index (κ1) is 13.3. The molecule has 2 aromatic heterocycles. The van der Waals surface area contributed by atoms with Crippen LogP contribution in [-0.2, 0) is 13.6 Å². The lowest BCUT2D eigenvalue weighted by molar-refractivity contribution is 0.466. The maximum absolute atomic E-state index is 11.9. The van der Waals surface area contributed by atoms with Crippen LogP contribution in [0.5, 0.6) is 0 Å². The van der Waals surface area contributed by atoms with Crippen LogP contribution in [0.1, 0.15) is 32.0 Å². The van der Waals surface area contributed by atoms with Gasteiger partial charge >= 0.3 is 0 Å². The van der Waals surface area contributed by atoms with Gasteiger partial charge < -0.3 is 10.3 Å². The number of aromatic amines is 1. The van der Waals surface area contributed by atoms with Crippen molar-refractivity contribution in [3.05, 3.63) is 22.4 Å². The molecule has 2 heterocycles. The van der Waals surface area contributed by atoms with Crippen LogP contribution in [0.15, 0.2) is 11.0 Å². The molecule has 0 amide bonds. The van der Waals surface area contributed by atoms with E-state index in [0.717, 1.165) is 18.4 Å². The number of nitrogens with one attached hydrogen (secondary N) is 2. The van der Waals surface area contributed by atoms with E-state index in [1.54, 1.807) is 17.9 Å². The van der Waals surface area contributed by atoms with Crippen molar-refractivity contribution in [2.45, 2.75) is 32.7 Å². The van der Waals surface area contributed by atoms with Gasteiger partial charge in [-0.3, -0.25) is 9.48 Å². The summed E-state index contributed by atoms with van der Waals surface area (Å²) in [7, 11) is 1.80. The number of H-pyrrole nitrogens is 1. The van der Waals surface area contributed by atoms with Gasteiger partial charge in [-0.25, -0.2) is 4.98 Å². The second-order valence-corrected chi connectivity index (χ2v) is 5.93. The predicted octanol–water partition coefficient (Wildman–Crippen LogP) is 1.18. The first-order valence-corrected chi connectivity index (χ1v) is 7.25. The molecule has 0 bridgehead atoms. The number of hydrogen-bond donors (Lipinski definition) is 2. The molecule has 1 aliphatic carbocycles. The monoisotopic (exact) mass is 275 g/mol. The van der Waals surface area contributed by atoms with Crippen LogP contribution in [-0.4, -0.2) is 26.3 Å². The van der Waals surface area contributed by atoms with Gasteiger partial charge in [-0.05, 0) is 31.2 Å². The van der Waals surface area contributed by atoms with E-state index in [0.29, 0.717) is 23.4 Å². The Hall–Kier alpha value is -1.69. The second kappa shape index (κ2) is 5.36. The van der Waals surface area contributed by atoms with Gasteiger partial charge in [-0.2, -0.15) is 5.10 Å². The lowest BCUT2D eigenvalue weighted by Gasteiger charge is -2.10. The largest absolute Gasteiger partial charge is 0.310 e. The van der Waals surface area contributed by atoms with Gasteiger partial charge in [0.1, 0.15) is 11.2 Å². The van der Waals surface area contributed by atoms with E-state index in [2.05, 4.69) is 27.3 Å². The molecule has 1 fully saturated rings. The molecule has 6 heteroatoms. The Kier molecular flexibility index (Phi) is 3.56. The van der Waals surface area contributed by atoms with Gasteiger partial charge in [0.05, 0.1) is 12.7 Å². The molecular formula is C14H21N5O. The molecule has 3 rings (SSSR count). The molecule has 108 valence electrons. The van der Waals surface area contributed by atoms with Crippen LogP contribution in [0, 0.1) is 11.8 Å². The molecule has 2 aromatic rings. The highest BCUT2D eigenvalue weighted by atomic mass is 16.1. The van der Waals surface area contributed by atoms with Crippen molar-refractivity contribution in [2.75, 3.05) is 6.54 Å². The molecule has 0 spiro atoms. The molecule has 6 nitrogen and oxygen atoms in total. The van der Waals surface area contributed by atoms with Crippen molar-refractivity contribution in [3.8, 4) is 0 Å². The quantitative estimate of drug-likeness (QED) is 0.878. The van der Waals surface area contributed by atoms with Crippen LogP contribution in [0.2, 0.25) is 0 Å². The maximum Gasteiger partial charge on any atom is 0.262 e. The third-order valence-electron chi connectivity index (χ3n) is 4.18. The van der Waals surface area contributed by atoms with E-state index in [4.69, 9.17) is 0 Å². The first-order valence-electron chi connectivity index (χ1n) is 7.25. The second-order valence-electron chi connectivity index (χ2n) is 5.93. The molecule has 2 unspecified atom stereocenters. The van der Waals surface area contributed by atoms with Crippen molar-refractivity contribution >= 4 is 11.0 Å². The minimum Gasteiger partial charge on any atom is -0.310 e. The van der Waals surface area contributed by atoms with Crippen molar-refractivity contribution in [2.24, 2.45) is 18.9 Å². The van der Waals surface area contributed by atoms with E-state index < -0.39 is 0 Å². The molecule has 0 aliphatic heterocycles. The normalized spacial score (nSPS) is 22.7. The summed E-state index contributed by atoms with van der Waals surface area (Å²) >= 11 is 0. The zero-order chi connectivity index (χ0) is 14.1. The third-order valence-corrected chi connectivity index (χ3v) is 4.18. The van der Waals surface area contributed by atoms with E-state index >= 15 is 0 Å². The Morgan fingerprint density at radius 1 is 1.50 bits per heavy atom. The fourth-order valence-corrected chi connectivity index (χ4v) is 3.07. The highest BCUT2D eigenvalue weighted by Crippen LogP contribution is 2.29. The van der Waals surface area contributed by atoms with E-state index in [9.17, 15) is 4.79 Å².